The highest BCUT2D eigenvalue weighted by Crippen LogP contribution is 2.28. The molecule has 0 saturated heterocycles. The Kier molecular flexibility index (Phi) is 4.05. The fourth-order valence-corrected chi connectivity index (χ4v) is 2.14. The third-order valence-electron chi connectivity index (χ3n) is 2.39. The molecule has 2 aromatic carbocycles. The van der Waals surface area contributed by atoms with Crippen LogP contribution in [0.25, 0.3) is 0 Å². The van der Waals surface area contributed by atoms with Crippen molar-refractivity contribution in [1.29, 1.82) is 5.26 Å². The van der Waals surface area contributed by atoms with Crippen LogP contribution in [0.4, 0.5) is 5.69 Å². The van der Waals surface area contributed by atoms with Crippen LogP contribution < -0.4 is 10.5 Å². The minimum absolute atomic E-state index is 0.416. The van der Waals surface area contributed by atoms with E-state index >= 15 is 0 Å². The first-order chi connectivity index (χ1) is 8.69. The highest BCUT2D eigenvalue weighted by atomic mass is 127. The summed E-state index contributed by atoms with van der Waals surface area (Å²) in [6, 6.07) is 15.1. The fraction of sp³-hybridized carbons (Fsp3) is 0.0714. The zero-order valence-corrected chi connectivity index (χ0v) is 11.7. The molecule has 0 aliphatic rings. The second-order valence-electron chi connectivity index (χ2n) is 3.77. The van der Waals surface area contributed by atoms with Crippen LogP contribution in [0.1, 0.15) is 5.56 Å². The Morgan fingerprint density at radius 2 is 1.89 bits per heavy atom. The van der Waals surface area contributed by atoms with E-state index in [-0.39, 0.29) is 0 Å². The van der Waals surface area contributed by atoms with Crippen molar-refractivity contribution in [1.82, 2.24) is 0 Å². The third-order valence-corrected chi connectivity index (χ3v) is 3.23. The van der Waals surface area contributed by atoms with Crippen molar-refractivity contribution < 1.29 is 4.74 Å². The van der Waals surface area contributed by atoms with Crippen molar-refractivity contribution in [2.45, 2.75) is 6.42 Å². The minimum atomic E-state index is 0.416. The average Bonchev–Trinajstić information content (AvgIpc) is 2.35. The van der Waals surface area contributed by atoms with E-state index in [1.54, 1.807) is 0 Å². The van der Waals surface area contributed by atoms with Gasteiger partial charge in [-0.3, -0.25) is 0 Å². The van der Waals surface area contributed by atoms with E-state index in [9.17, 15) is 0 Å². The van der Waals surface area contributed by atoms with Gasteiger partial charge >= 0.3 is 0 Å². The molecule has 2 N–H and O–H groups in total. The normalized spacial score (nSPS) is 9.78. The molecule has 2 rings (SSSR count). The van der Waals surface area contributed by atoms with Gasteiger partial charge in [-0.05, 0) is 58.5 Å². The molecule has 90 valence electrons. The van der Waals surface area contributed by atoms with Gasteiger partial charge in [0.05, 0.1) is 16.1 Å². The SMILES string of the molecule is N#CCc1ccc(Oc2ccc(N)cc2I)cc1. The van der Waals surface area contributed by atoms with Crippen LogP contribution in [0.5, 0.6) is 11.5 Å². The molecule has 0 spiro atoms. The van der Waals surface area contributed by atoms with E-state index in [4.69, 9.17) is 15.7 Å². The molecule has 18 heavy (non-hydrogen) atoms. The first-order valence-corrected chi connectivity index (χ1v) is 6.45. The number of nitrogen functional groups attached to an aromatic ring is 1. The van der Waals surface area contributed by atoms with Crippen molar-refractivity contribution >= 4 is 28.3 Å². The van der Waals surface area contributed by atoms with Crippen LogP contribution in [0.15, 0.2) is 42.5 Å². The van der Waals surface area contributed by atoms with Gasteiger partial charge in [-0.15, -0.1) is 0 Å². The number of hydrogen-bond donors (Lipinski definition) is 1. The maximum Gasteiger partial charge on any atom is 0.140 e. The minimum Gasteiger partial charge on any atom is -0.456 e. The summed E-state index contributed by atoms with van der Waals surface area (Å²) in [4.78, 5) is 0. The molecule has 0 atom stereocenters. The van der Waals surface area contributed by atoms with Gasteiger partial charge in [0.15, 0.2) is 0 Å². The molecule has 2 aromatic rings. The highest BCUT2D eigenvalue weighted by molar-refractivity contribution is 14.1. The third kappa shape index (κ3) is 3.14. The largest absolute Gasteiger partial charge is 0.456 e. The molecule has 0 unspecified atom stereocenters. The molecule has 0 saturated carbocycles. The zero-order chi connectivity index (χ0) is 13.0. The van der Waals surface area contributed by atoms with Crippen LogP contribution in [0, 0.1) is 14.9 Å². The highest BCUT2D eigenvalue weighted by Gasteiger charge is 2.03. The molecular formula is C14H11IN2O. The van der Waals surface area contributed by atoms with E-state index in [1.807, 2.05) is 42.5 Å². The quantitative estimate of drug-likeness (QED) is 0.678. The predicted molar refractivity (Wildman–Crippen MR) is 79.4 cm³/mol. The smallest absolute Gasteiger partial charge is 0.140 e. The van der Waals surface area contributed by atoms with E-state index < -0.39 is 0 Å². The van der Waals surface area contributed by atoms with E-state index in [0.29, 0.717) is 6.42 Å². The molecule has 0 heterocycles. The molecular weight excluding hydrogens is 339 g/mol. The lowest BCUT2D eigenvalue weighted by molar-refractivity contribution is 0.479. The fourth-order valence-electron chi connectivity index (χ4n) is 1.49. The molecule has 0 bridgehead atoms. The van der Waals surface area contributed by atoms with Gasteiger partial charge in [0.25, 0.3) is 0 Å². The molecule has 0 aromatic heterocycles. The monoisotopic (exact) mass is 350 g/mol. The average molecular weight is 350 g/mol. The number of ether oxygens (including phenoxy) is 1. The summed E-state index contributed by atoms with van der Waals surface area (Å²) in [5.74, 6) is 1.53. The summed E-state index contributed by atoms with van der Waals surface area (Å²) in [6.07, 6.45) is 0.416. The Labute approximate surface area is 119 Å². The summed E-state index contributed by atoms with van der Waals surface area (Å²) in [5, 5.41) is 8.59. The van der Waals surface area contributed by atoms with Crippen molar-refractivity contribution in [2.75, 3.05) is 5.73 Å². The van der Waals surface area contributed by atoms with Gasteiger partial charge in [0.1, 0.15) is 11.5 Å². The molecule has 0 fully saturated rings. The summed E-state index contributed by atoms with van der Waals surface area (Å²) in [7, 11) is 0. The lowest BCUT2D eigenvalue weighted by Crippen LogP contribution is -1.91. The number of nitrogens with zero attached hydrogens (tertiary/aromatic N) is 1. The Balaban J connectivity index is 2.16. The Hall–Kier alpha value is -1.74. The standard InChI is InChI=1S/C14H11IN2O/c15-13-9-11(17)3-6-14(13)18-12-4-1-10(2-5-12)7-8-16/h1-6,9H,7,17H2. The second-order valence-corrected chi connectivity index (χ2v) is 4.93. The van der Waals surface area contributed by atoms with Crippen LogP contribution >= 0.6 is 22.6 Å². The van der Waals surface area contributed by atoms with Crippen molar-refractivity contribution in [3.05, 3.63) is 51.6 Å². The number of hydrogen-bond acceptors (Lipinski definition) is 3. The number of halogens is 1. The van der Waals surface area contributed by atoms with Crippen LogP contribution in [-0.2, 0) is 6.42 Å². The number of benzene rings is 2. The number of nitriles is 1. The van der Waals surface area contributed by atoms with Crippen LogP contribution in [0.3, 0.4) is 0 Å². The van der Waals surface area contributed by atoms with Gasteiger partial charge < -0.3 is 10.5 Å². The Morgan fingerprint density at radius 1 is 1.17 bits per heavy atom. The Bertz CT molecular complexity index is 588. The van der Waals surface area contributed by atoms with Gasteiger partial charge in [-0.25, -0.2) is 0 Å². The van der Waals surface area contributed by atoms with Gasteiger partial charge in [-0.1, -0.05) is 12.1 Å². The number of anilines is 1. The molecule has 0 aliphatic carbocycles. The molecule has 3 nitrogen and oxygen atoms in total. The summed E-state index contributed by atoms with van der Waals surface area (Å²) >= 11 is 2.18. The maximum atomic E-state index is 8.59. The van der Waals surface area contributed by atoms with Gasteiger partial charge in [0, 0.05) is 5.69 Å². The van der Waals surface area contributed by atoms with Crippen molar-refractivity contribution in [3.8, 4) is 17.6 Å². The van der Waals surface area contributed by atoms with Crippen molar-refractivity contribution in [2.24, 2.45) is 0 Å². The lowest BCUT2D eigenvalue weighted by Gasteiger charge is -2.08. The topological polar surface area (TPSA) is 59.0 Å². The Morgan fingerprint density at radius 3 is 2.50 bits per heavy atom. The van der Waals surface area contributed by atoms with Gasteiger partial charge in [0.2, 0.25) is 0 Å². The number of rotatable bonds is 3. The summed E-state index contributed by atoms with van der Waals surface area (Å²) < 4.78 is 6.72. The summed E-state index contributed by atoms with van der Waals surface area (Å²) in [6.45, 7) is 0. The van der Waals surface area contributed by atoms with Crippen LogP contribution in [0.2, 0.25) is 0 Å². The molecule has 4 heteroatoms. The molecule has 0 aliphatic heterocycles. The summed E-state index contributed by atoms with van der Waals surface area (Å²) in [5.41, 5.74) is 7.38. The van der Waals surface area contributed by atoms with E-state index in [0.717, 1.165) is 26.3 Å². The first kappa shape index (κ1) is 12.7. The first-order valence-electron chi connectivity index (χ1n) is 5.38. The van der Waals surface area contributed by atoms with Crippen LogP contribution in [-0.4, -0.2) is 0 Å². The number of nitrogens with two attached hydrogens (primary N) is 1. The zero-order valence-electron chi connectivity index (χ0n) is 9.56. The maximum absolute atomic E-state index is 8.59. The predicted octanol–water partition coefficient (Wildman–Crippen LogP) is 3.73. The molecule has 0 radical (unpaired) electrons. The van der Waals surface area contributed by atoms with E-state index in [2.05, 4.69) is 28.7 Å². The van der Waals surface area contributed by atoms with Crippen molar-refractivity contribution in [3.63, 3.8) is 0 Å². The van der Waals surface area contributed by atoms with Gasteiger partial charge in [-0.2, -0.15) is 5.26 Å². The van der Waals surface area contributed by atoms with E-state index in [1.165, 1.54) is 0 Å². The lowest BCUT2D eigenvalue weighted by atomic mass is 10.2. The molecule has 0 amide bonds. The second kappa shape index (κ2) is 5.74.